The van der Waals surface area contributed by atoms with Crippen LogP contribution >= 0.6 is 0 Å². The Balaban J connectivity index is 1.79. The molecular formula is C19H23N7O4. The first-order valence-electron chi connectivity index (χ1n) is 9.26. The van der Waals surface area contributed by atoms with E-state index in [0.717, 1.165) is 0 Å². The third kappa shape index (κ3) is 4.81. The Labute approximate surface area is 173 Å². The van der Waals surface area contributed by atoms with E-state index < -0.39 is 11.8 Å². The minimum absolute atomic E-state index is 0.000521. The molecule has 0 radical (unpaired) electrons. The molecule has 2 aromatic rings. The number of carbonyl (C=O) groups excluding carboxylic acids is 3. The number of benzene rings is 1. The SMILES string of the molecule is COCCNc1cc(C(N)=O)nc(N2CCN(c3cccc(C(N)=O)c3)C(=O)C2)n1. The lowest BCUT2D eigenvalue weighted by Crippen LogP contribution is -2.51. The lowest BCUT2D eigenvalue weighted by atomic mass is 10.1. The summed E-state index contributed by atoms with van der Waals surface area (Å²) in [7, 11) is 1.58. The van der Waals surface area contributed by atoms with Gasteiger partial charge in [0.25, 0.3) is 5.91 Å². The van der Waals surface area contributed by atoms with Crippen LogP contribution in [0.1, 0.15) is 20.8 Å². The number of nitrogens with zero attached hydrogens (tertiary/aromatic N) is 4. The van der Waals surface area contributed by atoms with Gasteiger partial charge in [-0.25, -0.2) is 4.98 Å². The summed E-state index contributed by atoms with van der Waals surface area (Å²) in [6.07, 6.45) is 0. The van der Waals surface area contributed by atoms with Crippen molar-refractivity contribution in [2.24, 2.45) is 11.5 Å². The summed E-state index contributed by atoms with van der Waals surface area (Å²) in [5.41, 5.74) is 11.7. The number of carbonyl (C=O) groups is 3. The molecule has 0 aliphatic carbocycles. The first-order valence-corrected chi connectivity index (χ1v) is 9.26. The van der Waals surface area contributed by atoms with Crippen LogP contribution in [0.2, 0.25) is 0 Å². The number of hydrogen-bond acceptors (Lipinski definition) is 8. The molecule has 11 nitrogen and oxygen atoms in total. The number of aromatic nitrogens is 2. The van der Waals surface area contributed by atoms with E-state index in [9.17, 15) is 14.4 Å². The number of amides is 3. The average Bonchev–Trinajstić information content (AvgIpc) is 2.73. The maximum absolute atomic E-state index is 12.8. The van der Waals surface area contributed by atoms with E-state index in [2.05, 4.69) is 15.3 Å². The zero-order valence-corrected chi connectivity index (χ0v) is 16.5. The number of piperazine rings is 1. The van der Waals surface area contributed by atoms with Crippen molar-refractivity contribution in [2.75, 3.05) is 55.0 Å². The van der Waals surface area contributed by atoms with E-state index in [1.807, 2.05) is 0 Å². The van der Waals surface area contributed by atoms with Gasteiger partial charge in [0.2, 0.25) is 17.8 Å². The number of nitrogens with two attached hydrogens (primary N) is 2. The molecule has 11 heteroatoms. The van der Waals surface area contributed by atoms with Crippen LogP contribution in [0, 0.1) is 0 Å². The predicted molar refractivity (Wildman–Crippen MR) is 110 cm³/mol. The van der Waals surface area contributed by atoms with Crippen molar-refractivity contribution < 1.29 is 19.1 Å². The third-order valence-corrected chi connectivity index (χ3v) is 4.52. The van der Waals surface area contributed by atoms with Crippen LogP contribution in [0.25, 0.3) is 0 Å². The smallest absolute Gasteiger partial charge is 0.267 e. The van der Waals surface area contributed by atoms with Gasteiger partial charge >= 0.3 is 0 Å². The first kappa shape index (κ1) is 21.0. The second-order valence-electron chi connectivity index (χ2n) is 6.60. The molecule has 1 aromatic carbocycles. The minimum atomic E-state index is -0.693. The van der Waals surface area contributed by atoms with Crippen LogP contribution < -0.4 is 26.6 Å². The highest BCUT2D eigenvalue weighted by molar-refractivity contribution is 6.00. The highest BCUT2D eigenvalue weighted by atomic mass is 16.5. The average molecular weight is 413 g/mol. The molecule has 1 aliphatic heterocycles. The summed E-state index contributed by atoms with van der Waals surface area (Å²) in [5.74, 6) is -0.820. The van der Waals surface area contributed by atoms with Crippen molar-refractivity contribution in [1.82, 2.24) is 9.97 Å². The molecule has 1 aromatic heterocycles. The number of nitrogens with one attached hydrogen (secondary N) is 1. The van der Waals surface area contributed by atoms with E-state index in [1.54, 1.807) is 41.2 Å². The third-order valence-electron chi connectivity index (χ3n) is 4.52. The summed E-state index contributed by atoms with van der Waals surface area (Å²) in [6, 6.07) is 8.04. The molecule has 0 saturated carbocycles. The molecule has 0 unspecified atom stereocenters. The molecule has 1 saturated heterocycles. The van der Waals surface area contributed by atoms with Gasteiger partial charge in [-0.2, -0.15) is 4.98 Å². The highest BCUT2D eigenvalue weighted by Gasteiger charge is 2.27. The van der Waals surface area contributed by atoms with Gasteiger partial charge in [-0.3, -0.25) is 14.4 Å². The first-order chi connectivity index (χ1) is 14.4. The predicted octanol–water partition coefficient (Wildman–Crippen LogP) is -0.414. The van der Waals surface area contributed by atoms with Crippen LogP contribution in [0.4, 0.5) is 17.5 Å². The van der Waals surface area contributed by atoms with Crippen molar-refractivity contribution >= 4 is 35.2 Å². The zero-order chi connectivity index (χ0) is 21.7. The molecule has 1 fully saturated rings. The van der Waals surface area contributed by atoms with Crippen molar-refractivity contribution in [2.45, 2.75) is 0 Å². The van der Waals surface area contributed by atoms with E-state index in [4.69, 9.17) is 16.2 Å². The number of rotatable bonds is 8. The molecule has 1 aliphatic rings. The van der Waals surface area contributed by atoms with E-state index in [0.29, 0.717) is 43.3 Å². The van der Waals surface area contributed by atoms with Gasteiger partial charge in [-0.1, -0.05) is 6.07 Å². The largest absolute Gasteiger partial charge is 0.383 e. The number of ether oxygens (including phenoxy) is 1. The molecule has 158 valence electrons. The number of primary amides is 2. The lowest BCUT2D eigenvalue weighted by Gasteiger charge is -2.34. The van der Waals surface area contributed by atoms with Crippen molar-refractivity contribution in [1.29, 1.82) is 0 Å². The standard InChI is InChI=1S/C19H23N7O4/c1-30-8-5-22-15-10-14(18(21)29)23-19(24-15)25-6-7-26(16(27)11-25)13-4-2-3-12(9-13)17(20)28/h2-4,9-10H,5-8,11H2,1H3,(H2,20,28)(H2,21,29)(H,22,23,24). The van der Waals surface area contributed by atoms with E-state index >= 15 is 0 Å². The molecule has 0 bridgehead atoms. The second kappa shape index (κ2) is 9.18. The fourth-order valence-corrected chi connectivity index (χ4v) is 3.02. The van der Waals surface area contributed by atoms with E-state index in [1.165, 1.54) is 6.07 Å². The van der Waals surface area contributed by atoms with Gasteiger partial charge in [0, 0.05) is 44.1 Å². The number of hydrogen-bond donors (Lipinski definition) is 3. The van der Waals surface area contributed by atoms with Crippen LogP contribution in [0.3, 0.4) is 0 Å². The van der Waals surface area contributed by atoms with Crippen LogP contribution in [0.5, 0.6) is 0 Å². The van der Waals surface area contributed by atoms with Crippen molar-refractivity contribution in [3.63, 3.8) is 0 Å². The lowest BCUT2D eigenvalue weighted by molar-refractivity contribution is -0.117. The van der Waals surface area contributed by atoms with Gasteiger partial charge in [-0.15, -0.1) is 0 Å². The summed E-state index contributed by atoms with van der Waals surface area (Å²) in [5, 5.41) is 3.03. The second-order valence-corrected chi connectivity index (χ2v) is 6.60. The highest BCUT2D eigenvalue weighted by Crippen LogP contribution is 2.21. The Morgan fingerprint density at radius 3 is 2.63 bits per heavy atom. The maximum atomic E-state index is 12.8. The maximum Gasteiger partial charge on any atom is 0.267 e. The Bertz CT molecular complexity index is 966. The Hall–Kier alpha value is -3.73. The molecule has 30 heavy (non-hydrogen) atoms. The topological polar surface area (TPSA) is 157 Å². The fourth-order valence-electron chi connectivity index (χ4n) is 3.02. The number of methoxy groups -OCH3 is 1. The molecular weight excluding hydrogens is 390 g/mol. The summed E-state index contributed by atoms with van der Waals surface area (Å²) >= 11 is 0. The fraction of sp³-hybridized carbons (Fsp3) is 0.316. The van der Waals surface area contributed by atoms with Crippen LogP contribution in [-0.2, 0) is 9.53 Å². The summed E-state index contributed by atoms with van der Waals surface area (Å²) in [4.78, 5) is 47.6. The van der Waals surface area contributed by atoms with E-state index in [-0.39, 0.29) is 24.1 Å². The van der Waals surface area contributed by atoms with Crippen LogP contribution in [-0.4, -0.2) is 67.6 Å². The van der Waals surface area contributed by atoms with Crippen LogP contribution in [0.15, 0.2) is 30.3 Å². The number of anilines is 3. The van der Waals surface area contributed by atoms with Crippen molar-refractivity contribution in [3.05, 3.63) is 41.6 Å². The quantitative estimate of drug-likeness (QED) is 0.493. The molecule has 5 N–H and O–H groups in total. The van der Waals surface area contributed by atoms with Gasteiger partial charge < -0.3 is 31.3 Å². The summed E-state index contributed by atoms with van der Waals surface area (Å²) < 4.78 is 4.99. The minimum Gasteiger partial charge on any atom is -0.383 e. The molecule has 3 amide bonds. The van der Waals surface area contributed by atoms with Gasteiger partial charge in [0.05, 0.1) is 6.61 Å². The monoisotopic (exact) mass is 413 g/mol. The molecule has 0 atom stereocenters. The summed E-state index contributed by atoms with van der Waals surface area (Å²) in [6.45, 7) is 1.70. The molecule has 2 heterocycles. The molecule has 3 rings (SSSR count). The normalized spacial score (nSPS) is 14.0. The van der Waals surface area contributed by atoms with Crippen molar-refractivity contribution in [3.8, 4) is 0 Å². The molecule has 0 spiro atoms. The zero-order valence-electron chi connectivity index (χ0n) is 16.5. The Kier molecular flexibility index (Phi) is 6.42. The van der Waals surface area contributed by atoms with Gasteiger partial charge in [0.1, 0.15) is 18.1 Å². The Morgan fingerprint density at radius 2 is 1.97 bits per heavy atom. The van der Waals surface area contributed by atoms with Gasteiger partial charge in [-0.05, 0) is 18.2 Å². The Morgan fingerprint density at radius 1 is 1.17 bits per heavy atom. The van der Waals surface area contributed by atoms with Gasteiger partial charge in [0.15, 0.2) is 0 Å².